The summed E-state index contributed by atoms with van der Waals surface area (Å²) in [5.41, 5.74) is 1.35. The van der Waals surface area contributed by atoms with Crippen LogP contribution < -0.4 is 0 Å². The van der Waals surface area contributed by atoms with Crippen molar-refractivity contribution in [3.8, 4) is 23.0 Å². The minimum atomic E-state index is -3.09. The lowest BCUT2D eigenvalue weighted by Gasteiger charge is -2.23. The maximum Gasteiger partial charge on any atom is 0.197 e. The summed E-state index contributed by atoms with van der Waals surface area (Å²) < 4.78 is 25.9. The average molecular weight is 369 g/mol. The van der Waals surface area contributed by atoms with Crippen molar-refractivity contribution in [1.82, 2.24) is 24.7 Å². The predicted octanol–water partition coefficient (Wildman–Crippen LogP) is 2.24. The van der Waals surface area contributed by atoms with Crippen molar-refractivity contribution < 1.29 is 8.42 Å². The number of hydrogen-bond donors (Lipinski definition) is 0. The molecular weight excluding hydrogens is 350 g/mol. The van der Waals surface area contributed by atoms with E-state index in [1.54, 1.807) is 23.1 Å². The SMILES string of the molecule is Cc1ccc(-c2nc(-c3ncccn3)n(C3(C)CCS(=O)(=O)C3)n2)cc1. The molecule has 0 amide bonds. The summed E-state index contributed by atoms with van der Waals surface area (Å²) in [6.45, 7) is 3.92. The molecule has 1 aromatic carbocycles. The summed E-state index contributed by atoms with van der Waals surface area (Å²) in [5, 5.41) is 4.67. The van der Waals surface area contributed by atoms with Crippen LogP contribution in [0, 0.1) is 6.92 Å². The Bertz CT molecular complexity index is 1040. The Kier molecular flexibility index (Phi) is 3.87. The highest BCUT2D eigenvalue weighted by atomic mass is 32.2. The van der Waals surface area contributed by atoms with Crippen molar-refractivity contribution in [3.05, 3.63) is 48.3 Å². The summed E-state index contributed by atoms with van der Waals surface area (Å²) in [6, 6.07) is 9.64. The van der Waals surface area contributed by atoms with Gasteiger partial charge in [0.2, 0.25) is 0 Å². The van der Waals surface area contributed by atoms with Crippen LogP contribution in [0.4, 0.5) is 0 Å². The first-order valence-electron chi connectivity index (χ1n) is 8.39. The van der Waals surface area contributed by atoms with Gasteiger partial charge in [0.25, 0.3) is 0 Å². The number of nitrogens with zero attached hydrogens (tertiary/aromatic N) is 5. The molecule has 4 rings (SSSR count). The van der Waals surface area contributed by atoms with E-state index in [0.717, 1.165) is 11.1 Å². The Labute approximate surface area is 152 Å². The van der Waals surface area contributed by atoms with Crippen LogP contribution in [0.2, 0.25) is 0 Å². The minimum Gasteiger partial charge on any atom is -0.235 e. The zero-order chi connectivity index (χ0) is 18.4. The molecule has 0 aliphatic carbocycles. The fourth-order valence-corrected chi connectivity index (χ4v) is 5.34. The summed E-state index contributed by atoms with van der Waals surface area (Å²) in [5.74, 6) is 1.65. The molecule has 0 radical (unpaired) electrons. The van der Waals surface area contributed by atoms with Gasteiger partial charge < -0.3 is 0 Å². The predicted molar refractivity (Wildman–Crippen MR) is 98.1 cm³/mol. The molecule has 0 N–H and O–H groups in total. The van der Waals surface area contributed by atoms with Crippen LogP contribution in [0.3, 0.4) is 0 Å². The molecule has 1 aliphatic rings. The molecule has 2 aromatic heterocycles. The summed E-state index contributed by atoms with van der Waals surface area (Å²) in [4.78, 5) is 13.2. The molecule has 1 atom stereocenters. The molecule has 26 heavy (non-hydrogen) atoms. The van der Waals surface area contributed by atoms with E-state index in [2.05, 4.69) is 20.1 Å². The first-order valence-corrected chi connectivity index (χ1v) is 10.2. The van der Waals surface area contributed by atoms with Crippen LogP contribution in [0.1, 0.15) is 18.9 Å². The number of hydrogen-bond acceptors (Lipinski definition) is 6. The van der Waals surface area contributed by atoms with E-state index < -0.39 is 15.4 Å². The molecule has 3 aromatic rings. The van der Waals surface area contributed by atoms with Crippen LogP contribution in [0.5, 0.6) is 0 Å². The fraction of sp³-hybridized carbons (Fsp3) is 0.333. The second-order valence-electron chi connectivity index (χ2n) is 6.95. The Morgan fingerprint density at radius 2 is 1.77 bits per heavy atom. The van der Waals surface area contributed by atoms with E-state index in [9.17, 15) is 8.42 Å². The second kappa shape index (κ2) is 5.98. The first-order chi connectivity index (χ1) is 12.4. The quantitative estimate of drug-likeness (QED) is 0.703. The Balaban J connectivity index is 1.88. The van der Waals surface area contributed by atoms with E-state index in [-0.39, 0.29) is 11.5 Å². The number of rotatable bonds is 3. The largest absolute Gasteiger partial charge is 0.235 e. The molecular formula is C18H19N5O2S. The van der Waals surface area contributed by atoms with Gasteiger partial charge in [0.1, 0.15) is 0 Å². The number of aryl methyl sites for hydroxylation is 1. The van der Waals surface area contributed by atoms with Crippen LogP contribution in [-0.4, -0.2) is 44.7 Å². The highest BCUT2D eigenvalue weighted by molar-refractivity contribution is 7.91. The third-order valence-electron chi connectivity index (χ3n) is 4.68. The third kappa shape index (κ3) is 3.01. The third-order valence-corrected chi connectivity index (χ3v) is 6.56. The van der Waals surface area contributed by atoms with Crippen molar-refractivity contribution in [1.29, 1.82) is 0 Å². The smallest absolute Gasteiger partial charge is 0.197 e. The zero-order valence-corrected chi connectivity index (χ0v) is 15.4. The van der Waals surface area contributed by atoms with Gasteiger partial charge in [-0.05, 0) is 26.3 Å². The normalized spacial score (nSPS) is 21.8. The van der Waals surface area contributed by atoms with Gasteiger partial charge in [-0.25, -0.2) is 28.1 Å². The van der Waals surface area contributed by atoms with Gasteiger partial charge in [0.15, 0.2) is 27.3 Å². The van der Waals surface area contributed by atoms with Crippen molar-refractivity contribution in [2.45, 2.75) is 25.8 Å². The number of sulfone groups is 1. The topological polar surface area (TPSA) is 90.6 Å². The molecule has 1 saturated heterocycles. The Hall–Kier alpha value is -2.61. The number of aromatic nitrogens is 5. The van der Waals surface area contributed by atoms with Gasteiger partial charge in [0.05, 0.1) is 17.0 Å². The standard InChI is InChI=1S/C18H19N5O2S/c1-13-4-6-14(7-5-13)15-21-17(16-19-9-3-10-20-16)23(22-15)18(2)8-11-26(24,25)12-18/h3-7,9-10H,8,11-12H2,1-2H3. The molecule has 1 unspecified atom stereocenters. The lowest BCUT2D eigenvalue weighted by molar-refractivity contribution is 0.332. The molecule has 1 aliphatic heterocycles. The molecule has 8 heteroatoms. The molecule has 0 bridgehead atoms. The molecule has 1 fully saturated rings. The van der Waals surface area contributed by atoms with E-state index in [1.807, 2.05) is 38.1 Å². The maximum absolute atomic E-state index is 12.1. The van der Waals surface area contributed by atoms with Gasteiger partial charge in [-0.3, -0.25) is 0 Å². The minimum absolute atomic E-state index is 0.0382. The molecule has 0 spiro atoms. The highest BCUT2D eigenvalue weighted by Gasteiger charge is 2.42. The van der Waals surface area contributed by atoms with Crippen LogP contribution in [-0.2, 0) is 15.4 Å². The van der Waals surface area contributed by atoms with Gasteiger partial charge in [0, 0.05) is 18.0 Å². The highest BCUT2D eigenvalue weighted by Crippen LogP contribution is 2.34. The molecule has 134 valence electrons. The van der Waals surface area contributed by atoms with Crippen molar-refractivity contribution in [3.63, 3.8) is 0 Å². The van der Waals surface area contributed by atoms with Crippen molar-refractivity contribution in [2.24, 2.45) is 0 Å². The van der Waals surface area contributed by atoms with Crippen LogP contribution in [0.25, 0.3) is 23.0 Å². The van der Waals surface area contributed by atoms with E-state index in [1.165, 1.54) is 0 Å². The van der Waals surface area contributed by atoms with Crippen LogP contribution in [0.15, 0.2) is 42.7 Å². The van der Waals surface area contributed by atoms with Crippen LogP contribution >= 0.6 is 0 Å². The summed E-state index contributed by atoms with van der Waals surface area (Å²) in [7, 11) is -3.09. The van der Waals surface area contributed by atoms with Gasteiger partial charge in [-0.2, -0.15) is 0 Å². The summed E-state index contributed by atoms with van der Waals surface area (Å²) >= 11 is 0. The Morgan fingerprint density at radius 1 is 1.08 bits per heavy atom. The molecule has 3 heterocycles. The van der Waals surface area contributed by atoms with E-state index >= 15 is 0 Å². The lowest BCUT2D eigenvalue weighted by Crippen LogP contribution is -2.33. The lowest BCUT2D eigenvalue weighted by atomic mass is 10.0. The summed E-state index contributed by atoms with van der Waals surface area (Å²) in [6.07, 6.45) is 3.77. The van der Waals surface area contributed by atoms with Crippen molar-refractivity contribution >= 4 is 9.84 Å². The fourth-order valence-electron chi connectivity index (χ4n) is 3.23. The monoisotopic (exact) mass is 369 g/mol. The Morgan fingerprint density at radius 3 is 2.38 bits per heavy atom. The maximum atomic E-state index is 12.1. The molecule has 0 saturated carbocycles. The molecule has 7 nitrogen and oxygen atoms in total. The number of benzene rings is 1. The van der Waals surface area contributed by atoms with Gasteiger partial charge >= 0.3 is 0 Å². The zero-order valence-electron chi connectivity index (χ0n) is 14.6. The van der Waals surface area contributed by atoms with E-state index in [4.69, 9.17) is 0 Å². The van der Waals surface area contributed by atoms with Gasteiger partial charge in [-0.1, -0.05) is 29.8 Å². The van der Waals surface area contributed by atoms with Crippen molar-refractivity contribution in [2.75, 3.05) is 11.5 Å². The first kappa shape index (κ1) is 16.8. The second-order valence-corrected chi connectivity index (χ2v) is 9.13. The van der Waals surface area contributed by atoms with E-state index in [0.29, 0.717) is 23.9 Å². The average Bonchev–Trinajstić information content (AvgIpc) is 3.19. The van der Waals surface area contributed by atoms with Gasteiger partial charge in [-0.15, -0.1) is 5.10 Å².